The lowest BCUT2D eigenvalue weighted by Gasteiger charge is -2.02. The van der Waals surface area contributed by atoms with Crippen LogP contribution >= 0.6 is 23.4 Å². The molecule has 0 aliphatic heterocycles. The van der Waals surface area contributed by atoms with Crippen molar-refractivity contribution >= 4 is 29.1 Å². The van der Waals surface area contributed by atoms with Crippen LogP contribution < -0.4 is 4.74 Å². The summed E-state index contributed by atoms with van der Waals surface area (Å²) in [5.74, 6) is 0.932. The van der Waals surface area contributed by atoms with Crippen LogP contribution in [-0.2, 0) is 6.61 Å². The molecular weight excluding hydrogens is 368 g/mol. The van der Waals surface area contributed by atoms with Crippen molar-refractivity contribution in [1.29, 1.82) is 0 Å². The lowest BCUT2D eigenvalue weighted by Crippen LogP contribution is -1.95. The Kier molecular flexibility index (Phi) is 5.15. The molecule has 128 valence electrons. The van der Waals surface area contributed by atoms with Gasteiger partial charge in [-0.05, 0) is 48.5 Å². The van der Waals surface area contributed by atoms with E-state index in [-0.39, 0.29) is 17.5 Å². The van der Waals surface area contributed by atoms with E-state index in [1.165, 1.54) is 12.3 Å². The third kappa shape index (κ3) is 4.46. The van der Waals surface area contributed by atoms with Crippen LogP contribution in [0.1, 0.15) is 11.5 Å². The molecule has 3 aromatic rings. The monoisotopic (exact) mass is 378 g/mol. The largest absolute Gasteiger partial charge is 0.484 e. The summed E-state index contributed by atoms with van der Waals surface area (Å²) in [7, 11) is 0. The van der Waals surface area contributed by atoms with Crippen LogP contribution in [0.2, 0.25) is 5.02 Å². The number of nitrogens with zero attached hydrogens (tertiary/aromatic N) is 4. The third-order valence-electron chi connectivity index (χ3n) is 3.03. The maximum atomic E-state index is 10.7. The highest BCUT2D eigenvalue weighted by molar-refractivity contribution is 7.99. The molecule has 25 heavy (non-hydrogen) atoms. The summed E-state index contributed by atoms with van der Waals surface area (Å²) in [5, 5.41) is 20.0. The first-order chi connectivity index (χ1) is 12.0. The van der Waals surface area contributed by atoms with Crippen molar-refractivity contribution in [2.24, 2.45) is 0 Å². The first-order valence-electron chi connectivity index (χ1n) is 7.01. The number of benzene rings is 1. The summed E-state index contributed by atoms with van der Waals surface area (Å²) in [4.78, 5) is 14.3. The van der Waals surface area contributed by atoms with Crippen molar-refractivity contribution in [1.82, 2.24) is 15.2 Å². The fourth-order valence-electron chi connectivity index (χ4n) is 1.85. The molecular formula is C15H11ClN4O4S. The zero-order chi connectivity index (χ0) is 17.8. The minimum absolute atomic E-state index is 0.0653. The molecule has 0 aliphatic rings. The number of halogens is 1. The van der Waals surface area contributed by atoms with E-state index in [1.54, 1.807) is 31.2 Å². The van der Waals surface area contributed by atoms with Crippen molar-refractivity contribution in [2.45, 2.75) is 23.8 Å². The average molecular weight is 379 g/mol. The summed E-state index contributed by atoms with van der Waals surface area (Å²) in [6.07, 6.45) is 1.19. The standard InChI is InChI=1S/C15H11ClN4O4S/c1-9-6-11(20(21)22)7-17-14(9)25-15-19-18-13(24-15)8-23-12-4-2-10(16)3-5-12/h2-7H,8H2,1H3. The Bertz CT molecular complexity index is 901. The van der Waals surface area contributed by atoms with E-state index in [1.807, 2.05) is 0 Å². The number of aromatic nitrogens is 3. The number of rotatable bonds is 6. The highest BCUT2D eigenvalue weighted by Crippen LogP contribution is 2.29. The predicted molar refractivity (Wildman–Crippen MR) is 89.8 cm³/mol. The number of hydrogen-bond acceptors (Lipinski definition) is 8. The smallest absolute Gasteiger partial charge is 0.287 e. The van der Waals surface area contributed by atoms with Crippen molar-refractivity contribution in [2.75, 3.05) is 0 Å². The summed E-state index contributed by atoms with van der Waals surface area (Å²) < 4.78 is 11.0. The van der Waals surface area contributed by atoms with Gasteiger partial charge in [0.1, 0.15) is 17.0 Å². The fourth-order valence-corrected chi connectivity index (χ4v) is 2.69. The number of nitro groups is 1. The molecule has 0 atom stereocenters. The maximum Gasteiger partial charge on any atom is 0.287 e. The molecule has 0 aliphatic carbocycles. The molecule has 8 nitrogen and oxygen atoms in total. The molecule has 1 aromatic carbocycles. The van der Waals surface area contributed by atoms with Gasteiger partial charge in [0.25, 0.3) is 16.8 Å². The third-order valence-corrected chi connectivity index (χ3v) is 4.25. The van der Waals surface area contributed by atoms with Gasteiger partial charge >= 0.3 is 0 Å². The van der Waals surface area contributed by atoms with Crippen LogP contribution in [0.25, 0.3) is 0 Å². The Morgan fingerprint density at radius 3 is 2.76 bits per heavy atom. The Hall–Kier alpha value is -2.65. The fraction of sp³-hybridized carbons (Fsp3) is 0.133. The Morgan fingerprint density at radius 1 is 1.32 bits per heavy atom. The molecule has 0 unspecified atom stereocenters. The number of pyridine rings is 1. The van der Waals surface area contributed by atoms with Crippen molar-refractivity contribution in [3.8, 4) is 5.75 Å². The molecule has 3 rings (SSSR count). The zero-order valence-corrected chi connectivity index (χ0v) is 14.5. The van der Waals surface area contributed by atoms with Gasteiger partial charge in [0.05, 0.1) is 4.92 Å². The number of ether oxygens (including phenoxy) is 1. The summed E-state index contributed by atoms with van der Waals surface area (Å²) >= 11 is 6.94. The van der Waals surface area contributed by atoms with Gasteiger partial charge in [-0.15, -0.1) is 10.2 Å². The van der Waals surface area contributed by atoms with E-state index in [0.29, 0.717) is 27.3 Å². The molecule has 0 saturated carbocycles. The Labute approximate surface area is 151 Å². The lowest BCUT2D eigenvalue weighted by atomic mass is 10.3. The van der Waals surface area contributed by atoms with Gasteiger partial charge in [-0.3, -0.25) is 10.1 Å². The second-order valence-electron chi connectivity index (χ2n) is 4.88. The lowest BCUT2D eigenvalue weighted by molar-refractivity contribution is -0.385. The van der Waals surface area contributed by atoms with E-state index in [9.17, 15) is 10.1 Å². The van der Waals surface area contributed by atoms with E-state index < -0.39 is 4.92 Å². The number of hydrogen-bond donors (Lipinski definition) is 0. The number of aryl methyl sites for hydroxylation is 1. The first kappa shape index (κ1) is 17.2. The summed E-state index contributed by atoms with van der Waals surface area (Å²) in [6, 6.07) is 8.34. The SMILES string of the molecule is Cc1cc([N+](=O)[O-])cnc1Sc1nnc(COc2ccc(Cl)cc2)o1. The molecule has 0 radical (unpaired) electrons. The van der Waals surface area contributed by atoms with E-state index in [4.69, 9.17) is 20.8 Å². The van der Waals surface area contributed by atoms with Crippen molar-refractivity contribution < 1.29 is 14.1 Å². The molecule has 0 bridgehead atoms. The summed E-state index contributed by atoms with van der Waals surface area (Å²) in [6.45, 7) is 1.84. The zero-order valence-electron chi connectivity index (χ0n) is 12.9. The van der Waals surface area contributed by atoms with Gasteiger partial charge in [0.15, 0.2) is 6.61 Å². The van der Waals surface area contributed by atoms with Gasteiger partial charge < -0.3 is 9.15 Å². The average Bonchev–Trinajstić information content (AvgIpc) is 3.03. The Morgan fingerprint density at radius 2 is 2.08 bits per heavy atom. The molecule has 2 aromatic heterocycles. The van der Waals surface area contributed by atoms with E-state index in [2.05, 4.69) is 15.2 Å². The van der Waals surface area contributed by atoms with Crippen LogP contribution in [0, 0.1) is 17.0 Å². The summed E-state index contributed by atoms with van der Waals surface area (Å²) in [5.41, 5.74) is 0.584. The minimum atomic E-state index is -0.493. The van der Waals surface area contributed by atoms with Crippen molar-refractivity contribution in [3.63, 3.8) is 0 Å². The van der Waals surface area contributed by atoms with E-state index >= 15 is 0 Å². The normalized spacial score (nSPS) is 10.6. The molecule has 0 spiro atoms. The second-order valence-corrected chi connectivity index (χ2v) is 6.26. The second kappa shape index (κ2) is 7.49. The highest BCUT2D eigenvalue weighted by Gasteiger charge is 2.14. The van der Waals surface area contributed by atoms with Gasteiger partial charge in [0, 0.05) is 11.1 Å². The van der Waals surface area contributed by atoms with Gasteiger partial charge in [-0.2, -0.15) is 0 Å². The van der Waals surface area contributed by atoms with Crippen LogP contribution in [0.4, 0.5) is 5.69 Å². The van der Waals surface area contributed by atoms with Crippen LogP contribution in [-0.4, -0.2) is 20.1 Å². The molecule has 0 saturated heterocycles. The molecule has 0 N–H and O–H groups in total. The van der Waals surface area contributed by atoms with Gasteiger partial charge in [-0.1, -0.05) is 11.6 Å². The molecule has 0 fully saturated rings. The van der Waals surface area contributed by atoms with E-state index in [0.717, 1.165) is 11.8 Å². The van der Waals surface area contributed by atoms with Crippen molar-refractivity contribution in [3.05, 3.63) is 63.1 Å². The minimum Gasteiger partial charge on any atom is -0.484 e. The topological polar surface area (TPSA) is 104 Å². The van der Waals surface area contributed by atoms with Gasteiger partial charge in [0.2, 0.25) is 0 Å². The predicted octanol–water partition coefficient (Wildman–Crippen LogP) is 4.06. The molecule has 2 heterocycles. The first-order valence-corrected chi connectivity index (χ1v) is 8.20. The molecule has 10 heteroatoms. The molecule has 0 amide bonds. The Balaban J connectivity index is 1.63. The quantitative estimate of drug-likeness (QED) is 0.467. The van der Waals surface area contributed by atoms with Crippen LogP contribution in [0.15, 0.2) is 51.2 Å². The van der Waals surface area contributed by atoms with Gasteiger partial charge in [-0.25, -0.2) is 4.98 Å². The van der Waals surface area contributed by atoms with Crippen LogP contribution in [0.5, 0.6) is 5.75 Å². The van der Waals surface area contributed by atoms with Crippen LogP contribution in [0.3, 0.4) is 0 Å². The highest BCUT2D eigenvalue weighted by atomic mass is 35.5. The maximum absolute atomic E-state index is 10.7.